The van der Waals surface area contributed by atoms with Crippen molar-refractivity contribution >= 4 is 34.0 Å². The van der Waals surface area contributed by atoms with Gasteiger partial charge in [0.05, 0.1) is 5.56 Å². The van der Waals surface area contributed by atoms with Crippen molar-refractivity contribution in [3.05, 3.63) is 54.1 Å². The number of ether oxygens (including phenoxy) is 1. The maximum atomic E-state index is 12.0. The van der Waals surface area contributed by atoms with E-state index in [2.05, 4.69) is 32.7 Å². The fraction of sp³-hybridized carbons (Fsp3) is 0. The van der Waals surface area contributed by atoms with Gasteiger partial charge in [-0.2, -0.15) is 15.4 Å². The van der Waals surface area contributed by atoms with Crippen LogP contribution in [-0.2, 0) is 0 Å². The molecule has 0 aliphatic carbocycles. The Morgan fingerprint density at radius 2 is 1.73 bits per heavy atom. The van der Waals surface area contributed by atoms with Crippen molar-refractivity contribution in [2.75, 3.05) is 0 Å². The van der Waals surface area contributed by atoms with Crippen molar-refractivity contribution in [1.29, 1.82) is 0 Å². The number of amides is 1. The molecule has 0 aliphatic rings. The van der Waals surface area contributed by atoms with E-state index in [9.17, 15) is 4.79 Å². The van der Waals surface area contributed by atoms with Crippen LogP contribution in [0.25, 0.3) is 11.0 Å². The van der Waals surface area contributed by atoms with Crippen LogP contribution >= 0.6 is 11.6 Å². The molecule has 0 atom stereocenters. The van der Waals surface area contributed by atoms with E-state index < -0.39 is 11.3 Å². The highest BCUT2D eigenvalue weighted by Crippen LogP contribution is 2.17. The van der Waals surface area contributed by atoms with E-state index in [1.165, 1.54) is 0 Å². The van der Waals surface area contributed by atoms with Gasteiger partial charge in [-0.05, 0) is 35.9 Å². The SMILES string of the molecule is NC(=O)Cl.O=C(Oc1ccccc1)c1cccc2n[nH]nc12. The van der Waals surface area contributed by atoms with E-state index in [1.54, 1.807) is 42.5 Å². The summed E-state index contributed by atoms with van der Waals surface area (Å²) in [7, 11) is 0. The fourth-order valence-corrected chi connectivity index (χ4v) is 1.68. The van der Waals surface area contributed by atoms with Gasteiger partial charge in [0.25, 0.3) is 0 Å². The molecule has 1 amide bonds. The van der Waals surface area contributed by atoms with E-state index in [0.29, 0.717) is 22.3 Å². The molecule has 0 saturated heterocycles. The summed E-state index contributed by atoms with van der Waals surface area (Å²) in [6.45, 7) is 0. The first-order valence-corrected chi connectivity index (χ1v) is 6.47. The molecule has 3 N–H and O–H groups in total. The molecule has 0 aliphatic heterocycles. The summed E-state index contributed by atoms with van der Waals surface area (Å²) in [6, 6.07) is 14.1. The minimum absolute atomic E-state index is 0.394. The highest BCUT2D eigenvalue weighted by atomic mass is 35.5. The van der Waals surface area contributed by atoms with Crippen LogP contribution in [0.2, 0.25) is 0 Å². The lowest BCUT2D eigenvalue weighted by atomic mass is 10.2. The van der Waals surface area contributed by atoms with Crippen LogP contribution in [0.3, 0.4) is 0 Å². The molecule has 0 fully saturated rings. The largest absolute Gasteiger partial charge is 0.423 e. The number of aromatic amines is 1. The Kier molecular flexibility index (Phi) is 5.05. The Bertz CT molecular complexity index is 785. The zero-order chi connectivity index (χ0) is 15.9. The number of primary amides is 1. The van der Waals surface area contributed by atoms with E-state index in [-0.39, 0.29) is 0 Å². The highest BCUT2D eigenvalue weighted by molar-refractivity contribution is 6.62. The van der Waals surface area contributed by atoms with E-state index >= 15 is 0 Å². The molecular weight excluding hydrogens is 308 g/mol. The van der Waals surface area contributed by atoms with Crippen LogP contribution in [0.5, 0.6) is 5.75 Å². The Balaban J connectivity index is 0.000000396. The summed E-state index contributed by atoms with van der Waals surface area (Å²) in [5.41, 5.74) is 5.78. The zero-order valence-electron chi connectivity index (χ0n) is 11.2. The summed E-state index contributed by atoms with van der Waals surface area (Å²) in [6.07, 6.45) is 0. The first kappa shape index (κ1) is 15.5. The second-order valence-corrected chi connectivity index (χ2v) is 4.38. The minimum atomic E-state index is -0.861. The van der Waals surface area contributed by atoms with Crippen LogP contribution in [0, 0.1) is 0 Å². The Morgan fingerprint density at radius 1 is 1.05 bits per heavy atom. The molecule has 1 heterocycles. The number of aromatic nitrogens is 3. The molecule has 0 radical (unpaired) electrons. The van der Waals surface area contributed by atoms with Crippen LogP contribution in [-0.4, -0.2) is 26.7 Å². The first-order valence-electron chi connectivity index (χ1n) is 6.09. The van der Waals surface area contributed by atoms with E-state index in [4.69, 9.17) is 9.53 Å². The molecule has 0 bridgehead atoms. The molecule has 7 nitrogen and oxygen atoms in total. The lowest BCUT2D eigenvalue weighted by Gasteiger charge is -2.03. The van der Waals surface area contributed by atoms with Crippen molar-refractivity contribution < 1.29 is 14.3 Å². The van der Waals surface area contributed by atoms with Gasteiger partial charge in [-0.25, -0.2) is 4.79 Å². The second-order valence-electron chi connectivity index (χ2n) is 4.00. The predicted octanol–water partition coefficient (Wildman–Crippen LogP) is 2.48. The molecule has 3 aromatic rings. The molecule has 0 spiro atoms. The number of benzene rings is 2. The standard InChI is InChI=1S/C13H9N3O2.CH2ClNO/c17-13(18-9-5-2-1-3-6-9)10-7-4-8-11-12(10)15-16-14-11;2-1(3)4/h1-8H,(H,14,15,16);(H2,3,4). The summed E-state index contributed by atoms with van der Waals surface area (Å²) in [5.74, 6) is 0.0590. The number of fused-ring (bicyclic) bond motifs is 1. The van der Waals surface area contributed by atoms with Crippen molar-refractivity contribution in [1.82, 2.24) is 15.4 Å². The van der Waals surface area contributed by atoms with Gasteiger partial charge in [0.2, 0.25) is 0 Å². The number of nitrogens with two attached hydrogens (primary N) is 1. The van der Waals surface area contributed by atoms with Gasteiger partial charge in [0.1, 0.15) is 16.8 Å². The fourth-order valence-electron chi connectivity index (χ4n) is 1.68. The third kappa shape index (κ3) is 4.03. The van der Waals surface area contributed by atoms with Gasteiger partial charge < -0.3 is 10.5 Å². The molecule has 8 heteroatoms. The number of carbonyl (C=O) groups is 2. The molecule has 0 unspecified atom stereocenters. The third-order valence-corrected chi connectivity index (χ3v) is 2.52. The number of carbonyl (C=O) groups excluding carboxylic acids is 2. The molecule has 0 saturated carbocycles. The first-order chi connectivity index (χ1) is 10.6. The van der Waals surface area contributed by atoms with Crippen molar-refractivity contribution in [3.8, 4) is 5.75 Å². The average molecular weight is 319 g/mol. The van der Waals surface area contributed by atoms with Crippen molar-refractivity contribution in [3.63, 3.8) is 0 Å². The monoisotopic (exact) mass is 318 g/mol. The Hall–Kier alpha value is -2.93. The van der Waals surface area contributed by atoms with Crippen LogP contribution < -0.4 is 10.5 Å². The van der Waals surface area contributed by atoms with Crippen LogP contribution in [0.15, 0.2) is 48.5 Å². The number of nitrogens with one attached hydrogen (secondary N) is 1. The molecule has 1 aromatic heterocycles. The second kappa shape index (κ2) is 7.19. The van der Waals surface area contributed by atoms with Gasteiger partial charge in [-0.15, -0.1) is 0 Å². The number of esters is 1. The number of nitrogens with zero attached hydrogens (tertiary/aromatic N) is 2. The number of para-hydroxylation sites is 2. The summed E-state index contributed by atoms with van der Waals surface area (Å²) in [5, 5.41) is 9.50. The lowest BCUT2D eigenvalue weighted by Crippen LogP contribution is -2.09. The van der Waals surface area contributed by atoms with Crippen molar-refractivity contribution in [2.45, 2.75) is 0 Å². The number of rotatable bonds is 2. The quantitative estimate of drug-likeness (QED) is 0.326. The van der Waals surface area contributed by atoms with Gasteiger partial charge in [-0.3, -0.25) is 4.79 Å². The maximum absolute atomic E-state index is 12.0. The number of halogens is 1. The number of hydrogen-bond acceptors (Lipinski definition) is 5. The molecule has 22 heavy (non-hydrogen) atoms. The van der Waals surface area contributed by atoms with Crippen molar-refractivity contribution in [2.24, 2.45) is 5.73 Å². The van der Waals surface area contributed by atoms with E-state index in [1.807, 2.05) is 6.07 Å². The van der Waals surface area contributed by atoms with Gasteiger partial charge in [0, 0.05) is 0 Å². The van der Waals surface area contributed by atoms with Gasteiger partial charge in [0.15, 0.2) is 0 Å². The predicted molar refractivity (Wildman–Crippen MR) is 80.7 cm³/mol. The normalized spacial score (nSPS) is 9.68. The lowest BCUT2D eigenvalue weighted by molar-refractivity contribution is 0.0736. The topological polar surface area (TPSA) is 111 Å². The van der Waals surface area contributed by atoms with Crippen LogP contribution in [0.1, 0.15) is 10.4 Å². The molecule has 2 aromatic carbocycles. The Morgan fingerprint density at radius 3 is 2.41 bits per heavy atom. The molecule has 112 valence electrons. The van der Waals surface area contributed by atoms with Gasteiger partial charge >= 0.3 is 11.3 Å². The van der Waals surface area contributed by atoms with E-state index in [0.717, 1.165) is 0 Å². The number of H-pyrrole nitrogens is 1. The minimum Gasteiger partial charge on any atom is -0.423 e. The third-order valence-electron chi connectivity index (χ3n) is 2.52. The average Bonchev–Trinajstić information content (AvgIpc) is 2.96. The van der Waals surface area contributed by atoms with Gasteiger partial charge in [-0.1, -0.05) is 24.3 Å². The Labute approximate surface area is 130 Å². The summed E-state index contributed by atoms with van der Waals surface area (Å²) < 4.78 is 5.26. The molecule has 3 rings (SSSR count). The smallest absolute Gasteiger partial charge is 0.345 e. The number of hydrogen-bond donors (Lipinski definition) is 2. The summed E-state index contributed by atoms with van der Waals surface area (Å²) >= 11 is 4.41. The molecular formula is C14H11ClN4O3. The maximum Gasteiger partial charge on any atom is 0.345 e. The summed E-state index contributed by atoms with van der Waals surface area (Å²) in [4.78, 5) is 21.0. The zero-order valence-corrected chi connectivity index (χ0v) is 11.9. The van der Waals surface area contributed by atoms with Crippen LogP contribution in [0.4, 0.5) is 4.79 Å². The highest BCUT2D eigenvalue weighted by Gasteiger charge is 2.14.